The average Bonchev–Trinajstić information content (AvgIpc) is 2.55. The summed E-state index contributed by atoms with van der Waals surface area (Å²) in [6, 6.07) is 10.9. The number of methoxy groups -OCH3 is 1. The standard InChI is InChI=1S/C18H21FN2O3/c1-12(2)24-17-9-8-14(19)10-15(17)21-18(22)20-11-13-6-4-5-7-16(13)23-3/h4-10,12H,11H2,1-3H3,(H2,20,21,22). The van der Waals surface area contributed by atoms with Crippen molar-refractivity contribution in [1.82, 2.24) is 5.32 Å². The summed E-state index contributed by atoms with van der Waals surface area (Å²) in [4.78, 5) is 12.1. The molecule has 0 radical (unpaired) electrons. The summed E-state index contributed by atoms with van der Waals surface area (Å²) < 4.78 is 24.2. The van der Waals surface area contributed by atoms with Gasteiger partial charge in [0.15, 0.2) is 0 Å². The molecule has 0 aromatic heterocycles. The SMILES string of the molecule is COc1ccccc1CNC(=O)Nc1cc(F)ccc1OC(C)C. The molecule has 0 heterocycles. The fourth-order valence-electron chi connectivity index (χ4n) is 2.15. The Morgan fingerprint density at radius 2 is 1.92 bits per heavy atom. The van der Waals surface area contributed by atoms with Gasteiger partial charge < -0.3 is 20.1 Å². The van der Waals surface area contributed by atoms with Crippen molar-refractivity contribution in [2.75, 3.05) is 12.4 Å². The van der Waals surface area contributed by atoms with Crippen molar-refractivity contribution in [1.29, 1.82) is 0 Å². The van der Waals surface area contributed by atoms with Crippen LogP contribution in [0.1, 0.15) is 19.4 Å². The Morgan fingerprint density at radius 3 is 2.62 bits per heavy atom. The molecule has 5 nitrogen and oxygen atoms in total. The zero-order valence-electron chi connectivity index (χ0n) is 13.9. The second-order valence-corrected chi connectivity index (χ2v) is 5.43. The van der Waals surface area contributed by atoms with E-state index in [1.807, 2.05) is 38.1 Å². The first-order valence-electron chi connectivity index (χ1n) is 7.62. The number of ether oxygens (including phenoxy) is 2. The predicted molar refractivity (Wildman–Crippen MR) is 91.0 cm³/mol. The van der Waals surface area contributed by atoms with Crippen molar-refractivity contribution >= 4 is 11.7 Å². The lowest BCUT2D eigenvalue weighted by Crippen LogP contribution is -2.28. The van der Waals surface area contributed by atoms with Gasteiger partial charge in [-0.05, 0) is 32.0 Å². The van der Waals surface area contributed by atoms with E-state index in [0.717, 1.165) is 5.56 Å². The molecule has 0 aliphatic heterocycles. The van der Waals surface area contributed by atoms with Gasteiger partial charge in [-0.3, -0.25) is 0 Å². The number of para-hydroxylation sites is 1. The van der Waals surface area contributed by atoms with E-state index in [1.54, 1.807) is 7.11 Å². The zero-order valence-corrected chi connectivity index (χ0v) is 13.9. The van der Waals surface area contributed by atoms with E-state index in [1.165, 1.54) is 18.2 Å². The average molecular weight is 332 g/mol. The summed E-state index contributed by atoms with van der Waals surface area (Å²) in [5.74, 6) is 0.650. The van der Waals surface area contributed by atoms with Gasteiger partial charge >= 0.3 is 6.03 Å². The van der Waals surface area contributed by atoms with Crippen LogP contribution in [0.4, 0.5) is 14.9 Å². The first kappa shape index (κ1) is 17.6. The zero-order chi connectivity index (χ0) is 17.5. The fraction of sp³-hybridized carbons (Fsp3) is 0.278. The molecule has 0 atom stereocenters. The Morgan fingerprint density at radius 1 is 1.17 bits per heavy atom. The molecule has 2 rings (SSSR count). The first-order valence-corrected chi connectivity index (χ1v) is 7.62. The van der Waals surface area contributed by atoms with Crippen LogP contribution in [0.25, 0.3) is 0 Å². The van der Waals surface area contributed by atoms with E-state index >= 15 is 0 Å². The van der Waals surface area contributed by atoms with Crippen LogP contribution in [0.2, 0.25) is 0 Å². The molecule has 2 amide bonds. The molecule has 2 aromatic rings. The minimum absolute atomic E-state index is 0.0901. The predicted octanol–water partition coefficient (Wildman–Crippen LogP) is 3.94. The Labute approximate surface area is 140 Å². The number of rotatable bonds is 6. The molecule has 24 heavy (non-hydrogen) atoms. The summed E-state index contributed by atoms with van der Waals surface area (Å²) in [5.41, 5.74) is 1.12. The second-order valence-electron chi connectivity index (χ2n) is 5.43. The van der Waals surface area contributed by atoms with Crippen molar-refractivity contribution in [3.05, 3.63) is 53.8 Å². The number of benzene rings is 2. The lowest BCUT2D eigenvalue weighted by atomic mass is 10.2. The van der Waals surface area contributed by atoms with Crippen molar-refractivity contribution in [3.63, 3.8) is 0 Å². The third kappa shape index (κ3) is 4.87. The van der Waals surface area contributed by atoms with Crippen molar-refractivity contribution < 1.29 is 18.7 Å². The molecule has 0 fully saturated rings. The maximum atomic E-state index is 13.4. The molecule has 6 heteroatoms. The van der Waals surface area contributed by atoms with Crippen LogP contribution >= 0.6 is 0 Å². The van der Waals surface area contributed by atoms with Gasteiger partial charge in [0.2, 0.25) is 0 Å². The lowest BCUT2D eigenvalue weighted by Gasteiger charge is -2.15. The second kappa shape index (κ2) is 8.19. The van der Waals surface area contributed by atoms with Crippen LogP contribution in [0.3, 0.4) is 0 Å². The van der Waals surface area contributed by atoms with Gasteiger partial charge in [0.25, 0.3) is 0 Å². The van der Waals surface area contributed by atoms with E-state index < -0.39 is 11.8 Å². The van der Waals surface area contributed by atoms with E-state index in [-0.39, 0.29) is 18.3 Å². The monoisotopic (exact) mass is 332 g/mol. The highest BCUT2D eigenvalue weighted by atomic mass is 19.1. The summed E-state index contributed by atoms with van der Waals surface area (Å²) in [6.45, 7) is 4.00. The Kier molecular flexibility index (Phi) is 6.01. The number of hydrogen-bond donors (Lipinski definition) is 2. The van der Waals surface area contributed by atoms with Crippen LogP contribution in [0.15, 0.2) is 42.5 Å². The molecule has 0 bridgehead atoms. The highest BCUT2D eigenvalue weighted by Gasteiger charge is 2.11. The maximum Gasteiger partial charge on any atom is 0.319 e. The number of carbonyl (C=O) groups excluding carboxylic acids is 1. The van der Waals surface area contributed by atoms with E-state index in [0.29, 0.717) is 11.5 Å². The number of halogens is 1. The summed E-state index contributed by atoms with van der Waals surface area (Å²) in [6.07, 6.45) is -0.0901. The Balaban J connectivity index is 2.03. The largest absolute Gasteiger partial charge is 0.496 e. The van der Waals surface area contributed by atoms with Crippen molar-refractivity contribution in [2.45, 2.75) is 26.5 Å². The molecule has 0 spiro atoms. The third-order valence-corrected chi connectivity index (χ3v) is 3.18. The maximum absolute atomic E-state index is 13.4. The molecule has 0 aliphatic carbocycles. The number of hydrogen-bond acceptors (Lipinski definition) is 3. The summed E-state index contributed by atoms with van der Waals surface area (Å²) in [5, 5.41) is 5.32. The molecule has 0 unspecified atom stereocenters. The fourth-order valence-corrected chi connectivity index (χ4v) is 2.15. The smallest absolute Gasteiger partial charge is 0.319 e. The van der Waals surface area contributed by atoms with Crippen molar-refractivity contribution in [2.24, 2.45) is 0 Å². The summed E-state index contributed by atoms with van der Waals surface area (Å²) >= 11 is 0. The topological polar surface area (TPSA) is 59.6 Å². The third-order valence-electron chi connectivity index (χ3n) is 3.18. The molecule has 0 saturated heterocycles. The van der Waals surface area contributed by atoms with Crippen LogP contribution in [-0.4, -0.2) is 19.2 Å². The molecular weight excluding hydrogens is 311 g/mol. The molecular formula is C18H21FN2O3. The van der Waals surface area contributed by atoms with Gasteiger partial charge in [-0.25, -0.2) is 9.18 Å². The highest BCUT2D eigenvalue weighted by Crippen LogP contribution is 2.26. The van der Waals surface area contributed by atoms with Gasteiger partial charge in [0.05, 0.1) is 18.9 Å². The Hall–Kier alpha value is -2.76. The summed E-state index contributed by atoms with van der Waals surface area (Å²) in [7, 11) is 1.57. The number of amides is 2. The van der Waals surface area contributed by atoms with E-state index in [4.69, 9.17) is 9.47 Å². The Bertz CT molecular complexity index is 704. The van der Waals surface area contributed by atoms with Gasteiger partial charge in [0.1, 0.15) is 17.3 Å². The van der Waals surface area contributed by atoms with E-state index in [9.17, 15) is 9.18 Å². The molecule has 2 N–H and O–H groups in total. The number of urea groups is 1. The minimum Gasteiger partial charge on any atom is -0.496 e. The van der Waals surface area contributed by atoms with Gasteiger partial charge in [-0.15, -0.1) is 0 Å². The molecule has 0 saturated carbocycles. The van der Waals surface area contributed by atoms with Crippen LogP contribution in [0, 0.1) is 5.82 Å². The molecule has 2 aromatic carbocycles. The van der Waals surface area contributed by atoms with Crippen LogP contribution < -0.4 is 20.1 Å². The number of anilines is 1. The molecule has 128 valence electrons. The van der Waals surface area contributed by atoms with E-state index in [2.05, 4.69) is 10.6 Å². The number of carbonyl (C=O) groups is 1. The molecule has 0 aliphatic rings. The lowest BCUT2D eigenvalue weighted by molar-refractivity contribution is 0.241. The first-order chi connectivity index (χ1) is 11.5. The van der Waals surface area contributed by atoms with Crippen molar-refractivity contribution in [3.8, 4) is 11.5 Å². The van der Waals surface area contributed by atoms with Crippen LogP contribution in [0.5, 0.6) is 11.5 Å². The highest BCUT2D eigenvalue weighted by molar-refractivity contribution is 5.90. The van der Waals surface area contributed by atoms with Gasteiger partial charge in [-0.1, -0.05) is 18.2 Å². The quantitative estimate of drug-likeness (QED) is 0.842. The van der Waals surface area contributed by atoms with Gasteiger partial charge in [-0.2, -0.15) is 0 Å². The van der Waals surface area contributed by atoms with Gasteiger partial charge in [0, 0.05) is 18.2 Å². The van der Waals surface area contributed by atoms with Crippen LogP contribution in [-0.2, 0) is 6.54 Å². The number of nitrogens with one attached hydrogen (secondary N) is 2. The normalized spacial score (nSPS) is 10.4. The minimum atomic E-state index is -0.458.